The minimum absolute atomic E-state index is 0.0443. The first-order chi connectivity index (χ1) is 16.9. The van der Waals surface area contributed by atoms with E-state index in [2.05, 4.69) is 30.0 Å². The third kappa shape index (κ3) is 8.42. The summed E-state index contributed by atoms with van der Waals surface area (Å²) >= 11 is 5.16. The Bertz CT molecular complexity index is 1150. The molecule has 8 heteroatoms. The van der Waals surface area contributed by atoms with Crippen LogP contribution in [0, 0.1) is 5.92 Å². The number of hydrogen-bond acceptors (Lipinski definition) is 5. The molecule has 0 spiro atoms. The van der Waals surface area contributed by atoms with E-state index < -0.39 is 11.8 Å². The zero-order valence-corrected chi connectivity index (χ0v) is 20.6. The SMILES string of the molecule is CC(C)CCOc1cccc(C(=O)NC(=S)NNC(=O)c2ccccc2OCc2ccccc2)c1. The average molecular weight is 492 g/mol. The molecule has 3 aromatic rings. The number of ether oxygens (including phenoxy) is 2. The van der Waals surface area contributed by atoms with Gasteiger partial charge in [0.05, 0.1) is 12.2 Å². The van der Waals surface area contributed by atoms with Gasteiger partial charge < -0.3 is 9.47 Å². The minimum Gasteiger partial charge on any atom is -0.494 e. The largest absolute Gasteiger partial charge is 0.494 e. The van der Waals surface area contributed by atoms with Gasteiger partial charge in [-0.05, 0) is 60.5 Å². The molecule has 0 aliphatic carbocycles. The van der Waals surface area contributed by atoms with Crippen molar-refractivity contribution in [1.82, 2.24) is 16.2 Å². The van der Waals surface area contributed by atoms with Gasteiger partial charge >= 0.3 is 0 Å². The van der Waals surface area contributed by atoms with E-state index in [0.717, 1.165) is 12.0 Å². The minimum atomic E-state index is -0.453. The Morgan fingerprint density at radius 2 is 1.60 bits per heavy atom. The third-order valence-electron chi connectivity index (χ3n) is 4.95. The molecule has 7 nitrogen and oxygen atoms in total. The van der Waals surface area contributed by atoms with E-state index in [-0.39, 0.29) is 5.11 Å². The molecular formula is C27H29N3O4S. The number of carbonyl (C=O) groups excluding carboxylic acids is 2. The van der Waals surface area contributed by atoms with E-state index in [4.69, 9.17) is 21.7 Å². The Morgan fingerprint density at radius 1 is 0.857 bits per heavy atom. The van der Waals surface area contributed by atoms with Crippen molar-refractivity contribution in [3.8, 4) is 11.5 Å². The molecule has 0 saturated heterocycles. The number of hydrogen-bond donors (Lipinski definition) is 3. The van der Waals surface area contributed by atoms with Gasteiger partial charge in [0.25, 0.3) is 11.8 Å². The van der Waals surface area contributed by atoms with Crippen molar-refractivity contribution in [3.05, 3.63) is 95.6 Å². The first-order valence-electron chi connectivity index (χ1n) is 11.3. The molecule has 0 radical (unpaired) electrons. The van der Waals surface area contributed by atoms with Gasteiger partial charge in [0.15, 0.2) is 5.11 Å². The monoisotopic (exact) mass is 491 g/mol. The van der Waals surface area contributed by atoms with Crippen LogP contribution >= 0.6 is 12.2 Å². The quantitative estimate of drug-likeness (QED) is 0.299. The fourth-order valence-corrected chi connectivity index (χ4v) is 3.19. The lowest BCUT2D eigenvalue weighted by Crippen LogP contribution is -2.48. The Labute approximate surface area is 210 Å². The van der Waals surface area contributed by atoms with Crippen molar-refractivity contribution >= 4 is 29.1 Å². The highest BCUT2D eigenvalue weighted by atomic mass is 32.1. The van der Waals surface area contributed by atoms with Crippen molar-refractivity contribution in [3.63, 3.8) is 0 Å². The van der Waals surface area contributed by atoms with Crippen LogP contribution in [-0.2, 0) is 6.61 Å². The summed E-state index contributed by atoms with van der Waals surface area (Å²) < 4.78 is 11.5. The van der Waals surface area contributed by atoms with Crippen molar-refractivity contribution in [2.75, 3.05) is 6.61 Å². The predicted octanol–water partition coefficient (Wildman–Crippen LogP) is 4.64. The molecule has 3 aromatic carbocycles. The maximum atomic E-state index is 12.7. The highest BCUT2D eigenvalue weighted by Crippen LogP contribution is 2.19. The second-order valence-electron chi connectivity index (χ2n) is 8.19. The molecule has 35 heavy (non-hydrogen) atoms. The first kappa shape index (κ1) is 25.7. The Balaban J connectivity index is 1.51. The fourth-order valence-electron chi connectivity index (χ4n) is 3.04. The summed E-state index contributed by atoms with van der Waals surface area (Å²) in [5.74, 6) is 0.698. The van der Waals surface area contributed by atoms with E-state index in [1.807, 2.05) is 30.3 Å². The molecule has 0 atom stereocenters. The second kappa shape index (κ2) is 13.1. The van der Waals surface area contributed by atoms with Crippen LogP contribution in [0.3, 0.4) is 0 Å². The number of thiocarbonyl (C=S) groups is 1. The molecule has 182 valence electrons. The molecular weight excluding hydrogens is 462 g/mol. The number of para-hydroxylation sites is 1. The molecule has 0 saturated carbocycles. The van der Waals surface area contributed by atoms with Gasteiger partial charge in [-0.2, -0.15) is 0 Å². The smallest absolute Gasteiger partial charge is 0.273 e. The Morgan fingerprint density at radius 3 is 2.37 bits per heavy atom. The van der Waals surface area contributed by atoms with Gasteiger partial charge in [0, 0.05) is 5.56 Å². The molecule has 0 aromatic heterocycles. The maximum absolute atomic E-state index is 12.7. The summed E-state index contributed by atoms with van der Waals surface area (Å²) in [4.78, 5) is 25.2. The van der Waals surface area contributed by atoms with Crippen LogP contribution in [0.4, 0.5) is 0 Å². The molecule has 0 aliphatic heterocycles. The van der Waals surface area contributed by atoms with Crippen LogP contribution in [0.15, 0.2) is 78.9 Å². The molecule has 3 rings (SSSR count). The third-order valence-corrected chi connectivity index (χ3v) is 5.15. The van der Waals surface area contributed by atoms with Gasteiger partial charge in [-0.15, -0.1) is 0 Å². The lowest BCUT2D eigenvalue weighted by atomic mass is 10.1. The summed E-state index contributed by atoms with van der Waals surface area (Å²) in [7, 11) is 0. The van der Waals surface area contributed by atoms with Crippen LogP contribution in [-0.4, -0.2) is 23.5 Å². The van der Waals surface area contributed by atoms with Crippen molar-refractivity contribution in [2.45, 2.75) is 26.9 Å². The normalized spacial score (nSPS) is 10.4. The molecule has 0 bridgehead atoms. The van der Waals surface area contributed by atoms with Gasteiger partial charge in [-0.1, -0.05) is 62.4 Å². The number of amides is 2. The van der Waals surface area contributed by atoms with E-state index in [9.17, 15) is 9.59 Å². The summed E-state index contributed by atoms with van der Waals surface area (Å²) in [5.41, 5.74) is 6.76. The lowest BCUT2D eigenvalue weighted by Gasteiger charge is -2.14. The molecule has 0 fully saturated rings. The van der Waals surface area contributed by atoms with Gasteiger partial charge in [0.2, 0.25) is 0 Å². The van der Waals surface area contributed by atoms with Crippen LogP contribution in [0.25, 0.3) is 0 Å². The van der Waals surface area contributed by atoms with Gasteiger partial charge in [-0.3, -0.25) is 25.8 Å². The van der Waals surface area contributed by atoms with E-state index in [0.29, 0.717) is 41.8 Å². The number of carbonyl (C=O) groups is 2. The molecule has 0 aliphatic rings. The summed E-state index contributed by atoms with van der Waals surface area (Å²) in [6.45, 7) is 5.14. The predicted molar refractivity (Wildman–Crippen MR) is 139 cm³/mol. The van der Waals surface area contributed by atoms with Crippen molar-refractivity contribution in [1.29, 1.82) is 0 Å². The fraction of sp³-hybridized carbons (Fsp3) is 0.222. The number of rotatable bonds is 9. The molecule has 0 heterocycles. The molecule has 0 unspecified atom stereocenters. The van der Waals surface area contributed by atoms with Gasteiger partial charge in [-0.25, -0.2) is 0 Å². The topological polar surface area (TPSA) is 88.7 Å². The Hall–Kier alpha value is -3.91. The second-order valence-corrected chi connectivity index (χ2v) is 8.60. The highest BCUT2D eigenvalue weighted by Gasteiger charge is 2.14. The molecule has 3 N–H and O–H groups in total. The van der Waals surface area contributed by atoms with E-state index in [1.54, 1.807) is 48.5 Å². The maximum Gasteiger partial charge on any atom is 0.273 e. The Kier molecular flexibility index (Phi) is 9.62. The zero-order chi connectivity index (χ0) is 25.0. The number of hydrazine groups is 1. The van der Waals surface area contributed by atoms with Crippen LogP contribution in [0.5, 0.6) is 11.5 Å². The summed E-state index contributed by atoms with van der Waals surface area (Å²) in [6.07, 6.45) is 0.921. The summed E-state index contributed by atoms with van der Waals surface area (Å²) in [6, 6.07) is 23.4. The average Bonchev–Trinajstić information content (AvgIpc) is 2.87. The van der Waals surface area contributed by atoms with E-state index >= 15 is 0 Å². The number of nitrogens with one attached hydrogen (secondary N) is 3. The molecule has 2 amide bonds. The van der Waals surface area contributed by atoms with Crippen LogP contribution in [0.2, 0.25) is 0 Å². The van der Waals surface area contributed by atoms with Crippen LogP contribution in [0.1, 0.15) is 46.5 Å². The highest BCUT2D eigenvalue weighted by molar-refractivity contribution is 7.80. The van der Waals surface area contributed by atoms with E-state index in [1.165, 1.54) is 0 Å². The summed E-state index contributed by atoms with van der Waals surface area (Å²) in [5, 5.41) is 2.50. The zero-order valence-electron chi connectivity index (χ0n) is 19.7. The van der Waals surface area contributed by atoms with Crippen molar-refractivity contribution < 1.29 is 19.1 Å². The standard InChI is InChI=1S/C27H29N3O4S/c1-19(2)15-16-33-22-12-8-11-21(17-22)25(31)28-27(35)30-29-26(32)23-13-6-7-14-24(23)34-18-20-9-4-3-5-10-20/h3-14,17,19H,15-16,18H2,1-2H3,(H,29,32)(H2,28,30,31,35). The van der Waals surface area contributed by atoms with Crippen molar-refractivity contribution in [2.24, 2.45) is 5.92 Å². The van der Waals surface area contributed by atoms with Gasteiger partial charge in [0.1, 0.15) is 18.1 Å². The number of benzene rings is 3. The first-order valence-corrected chi connectivity index (χ1v) is 11.7. The van der Waals surface area contributed by atoms with Crippen LogP contribution < -0.4 is 25.6 Å². The lowest BCUT2D eigenvalue weighted by molar-refractivity contribution is 0.0930.